The predicted molar refractivity (Wildman–Crippen MR) is 69.9 cm³/mol. The normalized spacial score (nSPS) is 19.2. The molecule has 7 heteroatoms. The topological polar surface area (TPSA) is 88.7 Å². The second-order valence-electron chi connectivity index (χ2n) is 4.10. The number of aliphatic hydroxyl groups is 1. The van der Waals surface area contributed by atoms with Gasteiger partial charge >= 0.3 is 5.97 Å². The highest BCUT2D eigenvalue weighted by Gasteiger charge is 2.28. The lowest BCUT2D eigenvalue weighted by Crippen LogP contribution is -2.31. The van der Waals surface area contributed by atoms with Crippen molar-refractivity contribution in [1.29, 1.82) is 0 Å². The maximum absolute atomic E-state index is 11.6. The van der Waals surface area contributed by atoms with E-state index in [0.717, 1.165) is 19.4 Å². The molecule has 1 aromatic heterocycles. The molecule has 0 bridgehead atoms. The van der Waals surface area contributed by atoms with Gasteiger partial charge in [-0.2, -0.15) is 0 Å². The van der Waals surface area contributed by atoms with Crippen LogP contribution in [0.25, 0.3) is 0 Å². The van der Waals surface area contributed by atoms with E-state index >= 15 is 0 Å². The van der Waals surface area contributed by atoms with Gasteiger partial charge in [0, 0.05) is 6.54 Å². The molecule has 2 heterocycles. The van der Waals surface area contributed by atoms with Gasteiger partial charge in [-0.05, 0) is 19.8 Å². The van der Waals surface area contributed by atoms with Crippen molar-refractivity contribution in [3.05, 3.63) is 4.88 Å². The van der Waals surface area contributed by atoms with Crippen LogP contribution in [0.1, 0.15) is 29.4 Å². The van der Waals surface area contributed by atoms with Gasteiger partial charge in [0.25, 0.3) is 0 Å². The molecule has 0 saturated carbocycles. The molecule has 3 N–H and O–H groups in total. The number of aliphatic hydroxyl groups excluding tert-OH is 1. The maximum atomic E-state index is 11.6. The second kappa shape index (κ2) is 5.53. The van der Waals surface area contributed by atoms with Crippen molar-refractivity contribution in [2.75, 3.05) is 30.4 Å². The number of thiazole rings is 1. The molecule has 1 fully saturated rings. The third-order valence-electron chi connectivity index (χ3n) is 2.94. The standard InChI is InChI=1S/C11H17N3O3S/c1-2-17-10(16)8-9(12)13-11(18-8)14-5-3-4-7(14)6-15/h7,15H,2-6,12H2,1H3. The summed E-state index contributed by atoms with van der Waals surface area (Å²) >= 11 is 1.23. The Hall–Kier alpha value is -1.34. The van der Waals surface area contributed by atoms with Crippen molar-refractivity contribution in [3.8, 4) is 0 Å². The second-order valence-corrected chi connectivity index (χ2v) is 5.08. The minimum Gasteiger partial charge on any atom is -0.462 e. The van der Waals surface area contributed by atoms with E-state index in [1.54, 1.807) is 6.92 Å². The van der Waals surface area contributed by atoms with Gasteiger partial charge in [0.05, 0.1) is 19.3 Å². The van der Waals surface area contributed by atoms with Crippen LogP contribution in [0.3, 0.4) is 0 Å². The van der Waals surface area contributed by atoms with E-state index in [2.05, 4.69) is 4.98 Å². The van der Waals surface area contributed by atoms with Gasteiger partial charge in [0.2, 0.25) is 0 Å². The first-order chi connectivity index (χ1) is 8.67. The van der Waals surface area contributed by atoms with Crippen LogP contribution in [-0.2, 0) is 4.74 Å². The molecule has 18 heavy (non-hydrogen) atoms. The van der Waals surface area contributed by atoms with Gasteiger partial charge in [0.1, 0.15) is 0 Å². The Balaban J connectivity index is 2.20. The number of ether oxygens (including phenoxy) is 1. The van der Waals surface area contributed by atoms with Crippen LogP contribution in [0.15, 0.2) is 0 Å². The van der Waals surface area contributed by atoms with E-state index < -0.39 is 5.97 Å². The summed E-state index contributed by atoms with van der Waals surface area (Å²) < 4.78 is 4.92. The number of hydrogen-bond donors (Lipinski definition) is 2. The summed E-state index contributed by atoms with van der Waals surface area (Å²) in [6.07, 6.45) is 1.95. The van der Waals surface area contributed by atoms with E-state index in [0.29, 0.717) is 16.6 Å². The van der Waals surface area contributed by atoms with Gasteiger partial charge in [-0.25, -0.2) is 9.78 Å². The quantitative estimate of drug-likeness (QED) is 0.790. The largest absolute Gasteiger partial charge is 0.462 e. The Morgan fingerprint density at radius 1 is 1.72 bits per heavy atom. The Morgan fingerprint density at radius 3 is 3.17 bits per heavy atom. The number of carbonyl (C=O) groups is 1. The van der Waals surface area contributed by atoms with Crippen molar-refractivity contribution in [2.24, 2.45) is 0 Å². The Morgan fingerprint density at radius 2 is 2.50 bits per heavy atom. The number of anilines is 2. The van der Waals surface area contributed by atoms with Crippen LogP contribution in [0.5, 0.6) is 0 Å². The molecular weight excluding hydrogens is 254 g/mol. The van der Waals surface area contributed by atoms with E-state index in [9.17, 15) is 9.90 Å². The molecule has 1 unspecified atom stereocenters. The fourth-order valence-corrected chi connectivity index (χ4v) is 3.04. The van der Waals surface area contributed by atoms with E-state index in [1.807, 2.05) is 4.90 Å². The lowest BCUT2D eigenvalue weighted by Gasteiger charge is -2.21. The van der Waals surface area contributed by atoms with Gasteiger partial charge in [0.15, 0.2) is 15.8 Å². The predicted octanol–water partition coefficient (Wildman–Crippen LogP) is 0.863. The Bertz CT molecular complexity index is 435. The number of esters is 1. The summed E-state index contributed by atoms with van der Waals surface area (Å²) in [5.74, 6) is -0.226. The van der Waals surface area contributed by atoms with Crippen molar-refractivity contribution >= 4 is 28.3 Å². The van der Waals surface area contributed by atoms with Gasteiger partial charge in [-0.15, -0.1) is 0 Å². The highest BCUT2D eigenvalue weighted by molar-refractivity contribution is 7.18. The molecule has 0 spiro atoms. The first-order valence-corrected chi connectivity index (χ1v) is 6.80. The van der Waals surface area contributed by atoms with Crippen LogP contribution < -0.4 is 10.6 Å². The monoisotopic (exact) mass is 271 g/mol. The number of nitrogens with two attached hydrogens (primary N) is 1. The molecule has 0 amide bonds. The zero-order valence-corrected chi connectivity index (χ0v) is 11.1. The van der Waals surface area contributed by atoms with E-state index in [1.165, 1.54) is 11.3 Å². The first kappa shape index (κ1) is 13.1. The third kappa shape index (κ3) is 2.41. The fourth-order valence-electron chi connectivity index (χ4n) is 2.06. The average molecular weight is 271 g/mol. The minimum atomic E-state index is -0.432. The van der Waals surface area contributed by atoms with Crippen LogP contribution >= 0.6 is 11.3 Å². The summed E-state index contributed by atoms with van der Waals surface area (Å²) in [5.41, 5.74) is 5.74. The van der Waals surface area contributed by atoms with Crippen molar-refractivity contribution in [2.45, 2.75) is 25.8 Å². The van der Waals surface area contributed by atoms with Crippen LogP contribution in [0, 0.1) is 0 Å². The number of rotatable bonds is 4. The summed E-state index contributed by atoms with van der Waals surface area (Å²) in [6, 6.07) is 0.0746. The first-order valence-electron chi connectivity index (χ1n) is 5.98. The Labute approximate surface area is 109 Å². The lowest BCUT2D eigenvalue weighted by atomic mass is 10.2. The van der Waals surface area contributed by atoms with E-state index in [4.69, 9.17) is 10.5 Å². The number of nitrogens with zero attached hydrogens (tertiary/aromatic N) is 2. The fraction of sp³-hybridized carbons (Fsp3) is 0.636. The van der Waals surface area contributed by atoms with Crippen molar-refractivity contribution in [3.63, 3.8) is 0 Å². The molecule has 1 aliphatic heterocycles. The molecule has 0 radical (unpaired) electrons. The highest BCUT2D eigenvalue weighted by Crippen LogP contribution is 2.33. The molecule has 2 rings (SSSR count). The summed E-state index contributed by atoms with van der Waals surface area (Å²) in [4.78, 5) is 18.2. The molecule has 0 aromatic carbocycles. The van der Waals surface area contributed by atoms with Crippen molar-refractivity contribution < 1.29 is 14.6 Å². The highest BCUT2D eigenvalue weighted by atomic mass is 32.1. The Kier molecular flexibility index (Phi) is 4.03. The zero-order chi connectivity index (χ0) is 13.1. The van der Waals surface area contributed by atoms with Gasteiger partial charge in [-0.3, -0.25) is 0 Å². The summed E-state index contributed by atoms with van der Waals surface area (Å²) in [6.45, 7) is 2.99. The molecule has 1 aromatic rings. The number of hydrogen-bond acceptors (Lipinski definition) is 7. The van der Waals surface area contributed by atoms with E-state index in [-0.39, 0.29) is 18.5 Å². The molecule has 1 atom stereocenters. The minimum absolute atomic E-state index is 0.0746. The number of aromatic nitrogens is 1. The van der Waals surface area contributed by atoms with Crippen molar-refractivity contribution in [1.82, 2.24) is 4.98 Å². The molecular formula is C11H17N3O3S. The zero-order valence-electron chi connectivity index (χ0n) is 10.3. The number of carbonyl (C=O) groups excluding carboxylic acids is 1. The molecule has 6 nitrogen and oxygen atoms in total. The lowest BCUT2D eigenvalue weighted by molar-refractivity contribution is 0.0533. The molecule has 100 valence electrons. The maximum Gasteiger partial charge on any atom is 0.352 e. The molecule has 0 aliphatic carbocycles. The SMILES string of the molecule is CCOC(=O)c1sc(N2CCCC2CO)nc1N. The summed E-state index contributed by atoms with van der Waals surface area (Å²) in [7, 11) is 0. The molecule has 1 aliphatic rings. The van der Waals surface area contributed by atoms with Gasteiger partial charge in [-0.1, -0.05) is 11.3 Å². The smallest absolute Gasteiger partial charge is 0.352 e. The third-order valence-corrected chi connectivity index (χ3v) is 4.02. The van der Waals surface area contributed by atoms with Crippen LogP contribution in [0.4, 0.5) is 10.9 Å². The van der Waals surface area contributed by atoms with Gasteiger partial charge < -0.3 is 20.5 Å². The number of nitrogen functional groups attached to an aromatic ring is 1. The summed E-state index contributed by atoms with van der Waals surface area (Å²) in [5, 5.41) is 9.97. The van der Waals surface area contributed by atoms with Crippen LogP contribution in [0.2, 0.25) is 0 Å². The van der Waals surface area contributed by atoms with Crippen LogP contribution in [-0.4, -0.2) is 41.9 Å². The molecule has 1 saturated heterocycles. The average Bonchev–Trinajstić information content (AvgIpc) is 2.94.